The molecular weight excluding hydrogens is 715 g/mol. The third kappa shape index (κ3) is 9.02. The van der Waals surface area contributed by atoms with E-state index in [9.17, 15) is 27.2 Å². The lowest BCUT2D eigenvalue weighted by Crippen LogP contribution is -2.53. The van der Waals surface area contributed by atoms with Crippen LogP contribution in [0.3, 0.4) is 0 Å². The van der Waals surface area contributed by atoms with Gasteiger partial charge in [0.05, 0.1) is 25.0 Å². The number of aryl methyl sites for hydroxylation is 1. The highest BCUT2D eigenvalue weighted by Gasteiger charge is 2.42. The molecule has 2 aromatic carbocycles. The topological polar surface area (TPSA) is 182 Å². The molecule has 1 aromatic heterocycles. The van der Waals surface area contributed by atoms with E-state index in [2.05, 4.69) is 15.2 Å². The third-order valence-electron chi connectivity index (χ3n) is 8.12. The van der Waals surface area contributed by atoms with E-state index in [0.29, 0.717) is 67.5 Å². The van der Waals surface area contributed by atoms with Crippen LogP contribution in [0.1, 0.15) is 28.6 Å². The molecule has 3 N–H and O–H groups in total. The number of carboxylic acid groups (broad SMARTS) is 1. The molecule has 0 spiro atoms. The Morgan fingerprint density at radius 3 is 2.50 bits per heavy atom. The molecule has 3 aliphatic rings. The van der Waals surface area contributed by atoms with Gasteiger partial charge in [-0.2, -0.15) is 8.42 Å². The Labute approximate surface area is 296 Å². The first-order valence-corrected chi connectivity index (χ1v) is 18.4. The molecule has 0 unspecified atom stereocenters. The van der Waals surface area contributed by atoms with E-state index in [0.717, 1.165) is 11.3 Å². The maximum absolute atomic E-state index is 14.0. The molecular formula is C32H34ClFN6O8S2. The number of amides is 2. The molecule has 2 atom stereocenters. The fourth-order valence-corrected chi connectivity index (χ4v) is 6.77. The number of halogens is 2. The molecule has 0 radical (unpaired) electrons. The number of benzene rings is 2. The number of urea groups is 1. The van der Waals surface area contributed by atoms with Gasteiger partial charge >= 0.3 is 18.0 Å². The van der Waals surface area contributed by atoms with Gasteiger partial charge in [0.1, 0.15) is 11.9 Å². The summed E-state index contributed by atoms with van der Waals surface area (Å²) in [7, 11) is -2.37. The number of aromatic nitrogens is 1. The number of nitrogens with one attached hydrogen (secondary N) is 1. The normalized spacial score (nSPS) is 19.3. The van der Waals surface area contributed by atoms with E-state index in [4.69, 9.17) is 31.0 Å². The first kappa shape index (κ1) is 36.9. The third-order valence-corrected chi connectivity index (χ3v) is 9.22. The highest BCUT2D eigenvalue weighted by molar-refractivity contribution is 7.85. The highest BCUT2D eigenvalue weighted by Crippen LogP contribution is 2.37. The largest absolute Gasteiger partial charge is 0.481 e. The molecule has 266 valence electrons. The van der Waals surface area contributed by atoms with Gasteiger partial charge in [-0.1, -0.05) is 29.8 Å². The SMILES string of the molecule is COC(=O)C1=C(CN2CCN3C(=O)N(c4ccc(CCC(=O)O)cc4)C[C@@H]3C2)NC(c2nccs2)=N[C@H]1c1ccc(F)cc1Cl.CS(=O)(=O)O. The molecule has 0 bridgehead atoms. The van der Waals surface area contributed by atoms with Crippen molar-refractivity contribution in [1.82, 2.24) is 20.1 Å². The van der Waals surface area contributed by atoms with E-state index in [1.807, 2.05) is 34.5 Å². The summed E-state index contributed by atoms with van der Waals surface area (Å²) in [6, 6.07) is 10.4. The number of nitrogens with zero attached hydrogens (tertiary/aromatic N) is 5. The maximum atomic E-state index is 14.0. The number of ether oxygens (including phenoxy) is 1. The lowest BCUT2D eigenvalue weighted by Gasteiger charge is -2.38. The first-order chi connectivity index (χ1) is 23.7. The average Bonchev–Trinajstić information content (AvgIpc) is 3.71. The van der Waals surface area contributed by atoms with Gasteiger partial charge in [-0.25, -0.2) is 19.0 Å². The summed E-state index contributed by atoms with van der Waals surface area (Å²) in [5.41, 5.74) is 2.95. The van der Waals surface area contributed by atoms with Crippen molar-refractivity contribution in [2.75, 3.05) is 51.0 Å². The molecule has 2 fully saturated rings. The van der Waals surface area contributed by atoms with Gasteiger partial charge in [0.15, 0.2) is 10.8 Å². The standard InChI is InChI=1S/C31H30ClFN6O5S.CH4O3S/c1-44-30(42)26-24(35-28(29-34-10-13-45-29)36-27(26)22-8-5-19(33)14-23(22)32)17-37-11-12-38-21(15-37)16-39(31(38)43)20-6-2-18(3-7-20)4-9-25(40)41;1-5(2,3)4/h2-3,5-8,10,13-14,21,27H,4,9,11-12,15-17H2,1H3,(H,35,36)(H,40,41);1H3,(H,2,3,4)/t21-,27-;/m0./s1. The number of fused-ring (bicyclic) bond motifs is 1. The number of rotatable bonds is 9. The number of thiazole rings is 1. The zero-order chi connectivity index (χ0) is 36.2. The minimum Gasteiger partial charge on any atom is -0.481 e. The molecule has 6 rings (SSSR count). The summed E-state index contributed by atoms with van der Waals surface area (Å²) in [4.78, 5) is 52.5. The van der Waals surface area contributed by atoms with E-state index in [1.165, 1.54) is 36.6 Å². The summed E-state index contributed by atoms with van der Waals surface area (Å²) < 4.78 is 45.0. The van der Waals surface area contributed by atoms with E-state index >= 15 is 0 Å². The van der Waals surface area contributed by atoms with E-state index in [-0.39, 0.29) is 29.1 Å². The van der Waals surface area contributed by atoms with Crippen LogP contribution in [0.15, 0.2) is 70.3 Å². The zero-order valence-electron chi connectivity index (χ0n) is 27.0. The van der Waals surface area contributed by atoms with E-state index < -0.39 is 33.9 Å². The molecule has 3 aromatic rings. The molecule has 50 heavy (non-hydrogen) atoms. The number of piperazine rings is 1. The van der Waals surface area contributed by atoms with Crippen LogP contribution in [0.5, 0.6) is 0 Å². The van der Waals surface area contributed by atoms with Crippen molar-refractivity contribution in [3.05, 3.63) is 92.3 Å². The Kier molecular flexibility index (Phi) is 11.5. The Morgan fingerprint density at radius 2 is 1.88 bits per heavy atom. The van der Waals surface area contributed by atoms with Gasteiger partial charge in [-0.3, -0.25) is 24.1 Å². The minimum atomic E-state index is -3.67. The molecule has 4 heterocycles. The van der Waals surface area contributed by atoms with Crippen LogP contribution in [-0.4, -0.2) is 109 Å². The van der Waals surface area contributed by atoms with Gasteiger partial charge in [0.25, 0.3) is 10.1 Å². The molecule has 3 aliphatic heterocycles. The minimum absolute atomic E-state index is 0.0472. The van der Waals surface area contributed by atoms with Crippen LogP contribution in [-0.2, 0) is 30.9 Å². The van der Waals surface area contributed by atoms with Crippen LogP contribution >= 0.6 is 22.9 Å². The van der Waals surface area contributed by atoms with Crippen molar-refractivity contribution >= 4 is 62.5 Å². The second-order valence-corrected chi connectivity index (χ2v) is 14.4. The molecule has 0 saturated carbocycles. The lowest BCUT2D eigenvalue weighted by molar-refractivity contribution is -0.137. The Bertz CT molecular complexity index is 1920. The van der Waals surface area contributed by atoms with Crippen LogP contribution < -0.4 is 10.2 Å². The van der Waals surface area contributed by atoms with Gasteiger partial charge < -0.3 is 20.1 Å². The van der Waals surface area contributed by atoms with Crippen molar-refractivity contribution in [1.29, 1.82) is 0 Å². The number of methoxy groups -OCH3 is 1. The Hall–Kier alpha value is -4.42. The molecule has 2 amide bonds. The number of anilines is 1. The molecule has 0 aliphatic carbocycles. The van der Waals surface area contributed by atoms with Crippen molar-refractivity contribution in [2.24, 2.45) is 4.99 Å². The smallest absolute Gasteiger partial charge is 0.338 e. The number of carboxylic acids is 1. The van der Waals surface area contributed by atoms with Gasteiger partial charge in [-0.05, 0) is 36.2 Å². The van der Waals surface area contributed by atoms with Crippen LogP contribution in [0, 0.1) is 5.82 Å². The van der Waals surface area contributed by atoms with Crippen molar-refractivity contribution in [3.63, 3.8) is 0 Å². The number of carbonyl (C=O) groups is 3. The highest BCUT2D eigenvalue weighted by atomic mass is 35.5. The number of hydrogen-bond acceptors (Lipinski definition) is 11. The number of aliphatic imine (C=N–C) groups is 1. The lowest BCUT2D eigenvalue weighted by atomic mass is 9.95. The van der Waals surface area contributed by atoms with Crippen molar-refractivity contribution in [3.8, 4) is 0 Å². The molecule has 2 saturated heterocycles. The van der Waals surface area contributed by atoms with Crippen LogP contribution in [0.25, 0.3) is 0 Å². The molecule has 14 nitrogen and oxygen atoms in total. The van der Waals surface area contributed by atoms with Gasteiger partial charge in [0.2, 0.25) is 0 Å². The summed E-state index contributed by atoms with van der Waals surface area (Å²) in [6.07, 6.45) is 2.85. The monoisotopic (exact) mass is 748 g/mol. The second kappa shape index (κ2) is 15.6. The predicted octanol–water partition coefficient (Wildman–Crippen LogP) is 3.60. The number of aliphatic carboxylic acids is 1. The fourth-order valence-electron chi connectivity index (χ4n) is 5.92. The Balaban J connectivity index is 0.000000908. The van der Waals surface area contributed by atoms with E-state index in [1.54, 1.807) is 11.1 Å². The van der Waals surface area contributed by atoms with Gasteiger partial charge in [-0.15, -0.1) is 11.3 Å². The maximum Gasteiger partial charge on any atom is 0.338 e. The van der Waals surface area contributed by atoms with Crippen molar-refractivity contribution in [2.45, 2.75) is 24.9 Å². The fraction of sp³-hybridized carbons (Fsp3) is 0.344. The number of carbonyl (C=O) groups excluding carboxylic acids is 2. The average molecular weight is 749 g/mol. The van der Waals surface area contributed by atoms with Crippen molar-refractivity contribution < 1.29 is 41.6 Å². The summed E-state index contributed by atoms with van der Waals surface area (Å²) in [5, 5.41) is 14.9. The summed E-state index contributed by atoms with van der Waals surface area (Å²) in [6.45, 7) is 2.44. The first-order valence-electron chi connectivity index (χ1n) is 15.3. The summed E-state index contributed by atoms with van der Waals surface area (Å²) in [5.74, 6) is -1.48. The number of amidine groups is 1. The Morgan fingerprint density at radius 1 is 1.16 bits per heavy atom. The number of hydrogen-bond donors (Lipinski definition) is 3. The van der Waals surface area contributed by atoms with Crippen LogP contribution in [0.4, 0.5) is 14.9 Å². The second-order valence-electron chi connectivity index (χ2n) is 11.7. The van der Waals surface area contributed by atoms with Gasteiger partial charge in [0, 0.05) is 72.7 Å². The summed E-state index contributed by atoms with van der Waals surface area (Å²) >= 11 is 7.86. The predicted molar refractivity (Wildman–Crippen MR) is 185 cm³/mol. The zero-order valence-corrected chi connectivity index (χ0v) is 29.3. The quantitative estimate of drug-likeness (QED) is 0.215. The molecule has 18 heteroatoms. The number of esters is 1. The van der Waals surface area contributed by atoms with Crippen LogP contribution in [0.2, 0.25) is 5.02 Å².